The molecule has 2 aromatic carbocycles. The van der Waals surface area contributed by atoms with E-state index in [0.29, 0.717) is 11.4 Å². The lowest BCUT2D eigenvalue weighted by atomic mass is 10.1. The van der Waals surface area contributed by atoms with Crippen molar-refractivity contribution in [2.45, 2.75) is 13.8 Å². The number of nitrogens with two attached hydrogens (primary N) is 4. The van der Waals surface area contributed by atoms with E-state index in [1.807, 2.05) is 62.4 Å². The van der Waals surface area contributed by atoms with E-state index in [2.05, 4.69) is 20.6 Å². The van der Waals surface area contributed by atoms with Crippen LogP contribution in [0.3, 0.4) is 0 Å². The van der Waals surface area contributed by atoms with Crippen molar-refractivity contribution < 1.29 is 4.42 Å². The van der Waals surface area contributed by atoms with Crippen LogP contribution in [0.5, 0.6) is 0 Å². The minimum absolute atomic E-state index is 0.00982. The van der Waals surface area contributed by atoms with Gasteiger partial charge in [0.15, 0.2) is 11.9 Å². The van der Waals surface area contributed by atoms with Gasteiger partial charge in [-0.2, -0.15) is 0 Å². The molecule has 0 spiro atoms. The molecule has 0 amide bonds. The topological polar surface area (TPSA) is 166 Å². The summed E-state index contributed by atoms with van der Waals surface area (Å²) in [4.78, 5) is 8.23. The monoisotopic (exact) mass is 420 g/mol. The molecule has 9 heteroatoms. The summed E-state index contributed by atoms with van der Waals surface area (Å²) in [5.41, 5.74) is 26.9. The molecule has 0 bridgehead atoms. The van der Waals surface area contributed by atoms with Crippen LogP contribution in [0.25, 0.3) is 22.6 Å². The Morgan fingerprint density at radius 2 is 1.13 bits per heavy atom. The minimum Gasteiger partial charge on any atom is -0.456 e. The highest BCUT2D eigenvalue weighted by molar-refractivity contribution is 5.85. The van der Waals surface area contributed by atoms with Crippen molar-refractivity contribution in [2.75, 3.05) is 23.7 Å². The summed E-state index contributed by atoms with van der Waals surface area (Å²) < 4.78 is 6.22. The summed E-state index contributed by atoms with van der Waals surface area (Å²) in [7, 11) is 0. The standard InChI is InChI=1S/C22H28N8O/c1-3-27-17-11-13(29-21(23)24)5-7-15(17)19-9-10-20(31-19)16-8-6-14(30-22(25)26)12-18(16)28-4-2/h5-12,27-28H,3-4H2,1-2H3,(H4,23,24,29)(H4,25,26,30). The molecule has 0 unspecified atom stereocenters. The third-order valence-electron chi connectivity index (χ3n) is 4.39. The minimum atomic E-state index is 0.00982. The number of nitrogens with zero attached hydrogens (tertiary/aromatic N) is 2. The van der Waals surface area contributed by atoms with Gasteiger partial charge < -0.3 is 38.0 Å². The molecule has 0 saturated heterocycles. The van der Waals surface area contributed by atoms with Crippen LogP contribution in [0.1, 0.15) is 13.8 Å². The number of guanidine groups is 2. The summed E-state index contributed by atoms with van der Waals surface area (Å²) in [6.07, 6.45) is 0. The number of rotatable bonds is 8. The van der Waals surface area contributed by atoms with Crippen molar-refractivity contribution >= 4 is 34.7 Å². The van der Waals surface area contributed by atoms with Gasteiger partial charge in [0.25, 0.3) is 0 Å². The van der Waals surface area contributed by atoms with Gasteiger partial charge in [0.1, 0.15) is 11.5 Å². The van der Waals surface area contributed by atoms with Crippen molar-refractivity contribution in [3.8, 4) is 22.6 Å². The van der Waals surface area contributed by atoms with E-state index in [9.17, 15) is 0 Å². The number of anilines is 2. The van der Waals surface area contributed by atoms with E-state index in [0.717, 1.165) is 47.1 Å². The first kappa shape index (κ1) is 21.6. The van der Waals surface area contributed by atoms with Crippen LogP contribution >= 0.6 is 0 Å². The Kier molecular flexibility index (Phi) is 6.66. The van der Waals surface area contributed by atoms with Crippen molar-refractivity contribution in [1.29, 1.82) is 0 Å². The molecule has 3 rings (SSSR count). The molecule has 3 aromatic rings. The van der Waals surface area contributed by atoms with Crippen LogP contribution in [0.4, 0.5) is 22.7 Å². The average molecular weight is 421 g/mol. The number of furan rings is 1. The molecule has 1 aromatic heterocycles. The van der Waals surface area contributed by atoms with Crippen LogP contribution in [-0.2, 0) is 0 Å². The van der Waals surface area contributed by atoms with E-state index < -0.39 is 0 Å². The highest BCUT2D eigenvalue weighted by atomic mass is 16.3. The first-order valence-electron chi connectivity index (χ1n) is 9.97. The smallest absolute Gasteiger partial charge is 0.191 e. The first-order valence-corrected chi connectivity index (χ1v) is 9.97. The van der Waals surface area contributed by atoms with E-state index in [-0.39, 0.29) is 11.9 Å². The number of benzene rings is 2. The molecular weight excluding hydrogens is 392 g/mol. The molecular formula is C22H28N8O. The van der Waals surface area contributed by atoms with E-state index in [4.69, 9.17) is 27.4 Å². The lowest BCUT2D eigenvalue weighted by Gasteiger charge is -2.11. The quantitative estimate of drug-likeness (QED) is 0.240. The van der Waals surface area contributed by atoms with E-state index >= 15 is 0 Å². The second kappa shape index (κ2) is 9.57. The fourth-order valence-corrected chi connectivity index (χ4v) is 3.23. The highest BCUT2D eigenvalue weighted by Gasteiger charge is 2.14. The Hall–Kier alpha value is -4.14. The molecule has 10 N–H and O–H groups in total. The maximum Gasteiger partial charge on any atom is 0.191 e. The van der Waals surface area contributed by atoms with E-state index in [1.165, 1.54) is 0 Å². The summed E-state index contributed by atoms with van der Waals surface area (Å²) in [6, 6.07) is 15.2. The van der Waals surface area contributed by atoms with Gasteiger partial charge in [-0.1, -0.05) is 0 Å². The molecule has 0 fully saturated rings. The second-order valence-electron chi connectivity index (χ2n) is 6.76. The highest BCUT2D eigenvalue weighted by Crippen LogP contribution is 2.38. The van der Waals surface area contributed by atoms with Gasteiger partial charge in [-0.25, -0.2) is 9.98 Å². The molecule has 0 saturated carbocycles. The Morgan fingerprint density at radius 3 is 1.48 bits per heavy atom. The fourth-order valence-electron chi connectivity index (χ4n) is 3.23. The number of hydrogen-bond acceptors (Lipinski definition) is 5. The molecule has 31 heavy (non-hydrogen) atoms. The van der Waals surface area contributed by atoms with Gasteiger partial charge in [0.05, 0.1) is 11.4 Å². The van der Waals surface area contributed by atoms with Gasteiger partial charge in [-0.15, -0.1) is 0 Å². The molecule has 0 aliphatic heterocycles. The zero-order valence-corrected chi connectivity index (χ0v) is 17.6. The lowest BCUT2D eigenvalue weighted by molar-refractivity contribution is 0.598. The summed E-state index contributed by atoms with van der Waals surface area (Å²) in [6.45, 7) is 5.52. The van der Waals surface area contributed by atoms with Crippen molar-refractivity contribution in [3.05, 3.63) is 48.5 Å². The molecule has 0 aliphatic rings. The van der Waals surface area contributed by atoms with Crippen LogP contribution in [0.2, 0.25) is 0 Å². The fraction of sp³-hybridized carbons (Fsp3) is 0.182. The summed E-state index contributed by atoms with van der Waals surface area (Å²) >= 11 is 0. The predicted octanol–water partition coefficient (Wildman–Crippen LogP) is 3.29. The molecule has 1 heterocycles. The normalized spacial score (nSPS) is 10.4. The maximum atomic E-state index is 6.22. The van der Waals surface area contributed by atoms with Gasteiger partial charge >= 0.3 is 0 Å². The molecule has 162 valence electrons. The summed E-state index contributed by atoms with van der Waals surface area (Å²) in [5, 5.41) is 6.67. The maximum absolute atomic E-state index is 6.22. The van der Waals surface area contributed by atoms with Crippen LogP contribution in [-0.4, -0.2) is 25.0 Å². The average Bonchev–Trinajstić information content (AvgIpc) is 3.18. The third kappa shape index (κ3) is 5.27. The number of aliphatic imine (C=N–C) groups is 2. The Bertz CT molecular complexity index is 1020. The lowest BCUT2D eigenvalue weighted by Crippen LogP contribution is -2.21. The SMILES string of the molecule is CCNc1cc(N=C(N)N)ccc1-c1ccc(-c2ccc(N=C(N)N)cc2NCC)o1. The van der Waals surface area contributed by atoms with E-state index in [1.54, 1.807) is 0 Å². The predicted molar refractivity (Wildman–Crippen MR) is 129 cm³/mol. The van der Waals surface area contributed by atoms with Gasteiger partial charge in [0.2, 0.25) is 0 Å². The van der Waals surface area contributed by atoms with Gasteiger partial charge in [-0.05, 0) is 62.4 Å². The van der Waals surface area contributed by atoms with Gasteiger partial charge in [-0.3, -0.25) is 0 Å². The molecule has 0 aliphatic carbocycles. The second-order valence-corrected chi connectivity index (χ2v) is 6.76. The number of hydrogen-bond donors (Lipinski definition) is 6. The Labute approximate surface area is 181 Å². The molecule has 0 radical (unpaired) electrons. The summed E-state index contributed by atoms with van der Waals surface area (Å²) in [5.74, 6) is 1.46. The van der Waals surface area contributed by atoms with Crippen molar-refractivity contribution in [1.82, 2.24) is 0 Å². The number of nitrogens with one attached hydrogen (secondary N) is 2. The third-order valence-corrected chi connectivity index (χ3v) is 4.39. The van der Waals surface area contributed by atoms with Crippen molar-refractivity contribution in [2.24, 2.45) is 32.9 Å². The molecule has 0 atom stereocenters. The first-order chi connectivity index (χ1) is 14.9. The van der Waals surface area contributed by atoms with Gasteiger partial charge in [0, 0.05) is 35.6 Å². The largest absolute Gasteiger partial charge is 0.456 e. The van der Waals surface area contributed by atoms with Crippen LogP contribution in [0, 0.1) is 0 Å². The molecule has 9 nitrogen and oxygen atoms in total. The zero-order valence-electron chi connectivity index (χ0n) is 17.6. The van der Waals surface area contributed by atoms with Crippen LogP contribution in [0.15, 0.2) is 62.9 Å². The van der Waals surface area contributed by atoms with Crippen molar-refractivity contribution in [3.63, 3.8) is 0 Å². The Balaban J connectivity index is 2.01. The zero-order chi connectivity index (χ0) is 22.4. The van der Waals surface area contributed by atoms with Crippen LogP contribution < -0.4 is 33.6 Å². The Morgan fingerprint density at radius 1 is 0.710 bits per heavy atom.